The van der Waals surface area contributed by atoms with Gasteiger partial charge in [0.05, 0.1) is 4.20 Å². The zero-order chi connectivity index (χ0) is 13.0. The van der Waals surface area contributed by atoms with E-state index in [1.165, 1.54) is 11.1 Å². The Kier molecular flexibility index (Phi) is 4.34. The zero-order valence-electron chi connectivity index (χ0n) is 9.97. The van der Waals surface area contributed by atoms with E-state index < -0.39 is 0 Å². The van der Waals surface area contributed by atoms with E-state index in [9.17, 15) is 0 Å². The SMILES string of the molecule is C=Cc1ccc(C(=S)S)c(Cc2ccccc2)c1. The molecule has 0 unspecified atom stereocenters. The number of rotatable bonds is 4. The molecule has 0 saturated heterocycles. The standard InChI is InChI=1S/C16H14S2/c1-2-12-8-9-15(16(17)18)14(10-12)11-13-6-4-3-5-7-13/h2-10H,1,11H2,(H,17,18). The minimum Gasteiger partial charge on any atom is -0.131 e. The van der Waals surface area contributed by atoms with Crippen molar-refractivity contribution in [1.29, 1.82) is 0 Å². The van der Waals surface area contributed by atoms with E-state index in [1.807, 2.05) is 36.4 Å². The van der Waals surface area contributed by atoms with Gasteiger partial charge in [-0.3, -0.25) is 0 Å². The maximum atomic E-state index is 5.18. The lowest BCUT2D eigenvalue weighted by molar-refractivity contribution is 1.19. The Morgan fingerprint density at radius 2 is 1.89 bits per heavy atom. The number of thiocarbonyl (C=S) groups is 1. The molecule has 2 aromatic rings. The summed E-state index contributed by atoms with van der Waals surface area (Å²) >= 11 is 9.48. The molecule has 0 aliphatic rings. The predicted octanol–water partition coefficient (Wildman–Crippen LogP) is 4.53. The fourth-order valence-electron chi connectivity index (χ4n) is 1.91. The Labute approximate surface area is 119 Å². The molecule has 0 aliphatic heterocycles. The Balaban J connectivity index is 2.41. The molecule has 0 aromatic heterocycles. The smallest absolute Gasteiger partial charge is 0.0750 e. The van der Waals surface area contributed by atoms with Crippen molar-refractivity contribution >= 4 is 35.1 Å². The maximum absolute atomic E-state index is 5.18. The second-order valence-corrected chi connectivity index (χ2v) is 5.25. The maximum Gasteiger partial charge on any atom is 0.0750 e. The van der Waals surface area contributed by atoms with Crippen molar-refractivity contribution in [2.75, 3.05) is 0 Å². The molecule has 0 bridgehead atoms. The van der Waals surface area contributed by atoms with Crippen molar-refractivity contribution < 1.29 is 0 Å². The molecule has 18 heavy (non-hydrogen) atoms. The summed E-state index contributed by atoms with van der Waals surface area (Å²) in [6.07, 6.45) is 2.71. The van der Waals surface area contributed by atoms with Crippen LogP contribution in [0.1, 0.15) is 22.3 Å². The summed E-state index contributed by atoms with van der Waals surface area (Å²) in [6.45, 7) is 3.80. The van der Waals surface area contributed by atoms with Gasteiger partial charge in [-0.1, -0.05) is 73.4 Å². The van der Waals surface area contributed by atoms with Crippen LogP contribution in [0.25, 0.3) is 6.08 Å². The third kappa shape index (κ3) is 3.09. The van der Waals surface area contributed by atoms with Crippen molar-refractivity contribution in [3.8, 4) is 0 Å². The molecule has 2 rings (SSSR count). The van der Waals surface area contributed by atoms with Crippen molar-refractivity contribution in [1.82, 2.24) is 0 Å². The lowest BCUT2D eigenvalue weighted by Crippen LogP contribution is -1.98. The fraction of sp³-hybridized carbons (Fsp3) is 0.0625. The lowest BCUT2D eigenvalue weighted by Gasteiger charge is -2.09. The fourth-order valence-corrected chi connectivity index (χ4v) is 2.33. The van der Waals surface area contributed by atoms with Crippen LogP contribution in [0.4, 0.5) is 0 Å². The summed E-state index contributed by atoms with van der Waals surface area (Å²) in [5.74, 6) is 0. The summed E-state index contributed by atoms with van der Waals surface area (Å²) in [4.78, 5) is 0. The van der Waals surface area contributed by atoms with Crippen LogP contribution in [0.2, 0.25) is 0 Å². The Morgan fingerprint density at radius 3 is 2.50 bits per heavy atom. The van der Waals surface area contributed by atoms with Gasteiger partial charge in [0.1, 0.15) is 0 Å². The van der Waals surface area contributed by atoms with E-state index in [-0.39, 0.29) is 0 Å². The summed E-state index contributed by atoms with van der Waals surface area (Å²) in [7, 11) is 0. The van der Waals surface area contributed by atoms with Crippen LogP contribution < -0.4 is 0 Å². The number of hydrogen-bond donors (Lipinski definition) is 1. The summed E-state index contributed by atoms with van der Waals surface area (Å²) in [5.41, 5.74) is 4.60. The highest BCUT2D eigenvalue weighted by atomic mass is 32.1. The van der Waals surface area contributed by atoms with Crippen LogP contribution in [-0.4, -0.2) is 4.20 Å². The zero-order valence-corrected chi connectivity index (χ0v) is 11.7. The molecule has 0 radical (unpaired) electrons. The lowest BCUT2D eigenvalue weighted by atomic mass is 9.98. The van der Waals surface area contributed by atoms with Gasteiger partial charge in [-0.05, 0) is 23.1 Å². The van der Waals surface area contributed by atoms with E-state index in [4.69, 9.17) is 12.2 Å². The van der Waals surface area contributed by atoms with Gasteiger partial charge >= 0.3 is 0 Å². The van der Waals surface area contributed by atoms with Crippen LogP contribution in [0.15, 0.2) is 55.1 Å². The highest BCUT2D eigenvalue weighted by Gasteiger charge is 2.06. The average Bonchev–Trinajstić information content (AvgIpc) is 2.39. The van der Waals surface area contributed by atoms with Crippen LogP contribution in [0.5, 0.6) is 0 Å². The van der Waals surface area contributed by atoms with Gasteiger partial charge in [0, 0.05) is 5.56 Å². The summed E-state index contributed by atoms with van der Waals surface area (Å²) < 4.78 is 0.636. The van der Waals surface area contributed by atoms with Gasteiger partial charge in [0.2, 0.25) is 0 Å². The van der Waals surface area contributed by atoms with Gasteiger partial charge in [-0.15, -0.1) is 12.6 Å². The molecule has 0 N–H and O–H groups in total. The van der Waals surface area contributed by atoms with Gasteiger partial charge in [0.15, 0.2) is 0 Å². The van der Waals surface area contributed by atoms with Crippen LogP contribution in [-0.2, 0) is 6.42 Å². The van der Waals surface area contributed by atoms with Gasteiger partial charge in [-0.25, -0.2) is 0 Å². The molecule has 0 atom stereocenters. The second kappa shape index (κ2) is 5.98. The molecule has 0 heterocycles. The monoisotopic (exact) mass is 270 g/mol. The Morgan fingerprint density at radius 1 is 1.17 bits per heavy atom. The minimum atomic E-state index is 0.636. The first-order chi connectivity index (χ1) is 8.70. The van der Waals surface area contributed by atoms with Crippen LogP contribution in [0.3, 0.4) is 0 Å². The van der Waals surface area contributed by atoms with E-state index in [2.05, 4.69) is 37.4 Å². The molecule has 0 spiro atoms. The van der Waals surface area contributed by atoms with Crippen LogP contribution >= 0.6 is 24.8 Å². The third-order valence-corrected chi connectivity index (χ3v) is 3.29. The van der Waals surface area contributed by atoms with Crippen molar-refractivity contribution in [2.24, 2.45) is 0 Å². The molecule has 90 valence electrons. The first-order valence-electron chi connectivity index (χ1n) is 5.73. The number of benzene rings is 2. The molecule has 0 aliphatic carbocycles. The predicted molar refractivity (Wildman–Crippen MR) is 86.5 cm³/mol. The van der Waals surface area contributed by atoms with Crippen molar-refractivity contribution in [2.45, 2.75) is 6.42 Å². The molecule has 2 heteroatoms. The summed E-state index contributed by atoms with van der Waals surface area (Å²) in [6, 6.07) is 16.5. The normalized spacial score (nSPS) is 10.1. The Hall–Kier alpha value is -1.38. The first kappa shape index (κ1) is 13.1. The van der Waals surface area contributed by atoms with E-state index >= 15 is 0 Å². The molecule has 0 saturated carbocycles. The van der Waals surface area contributed by atoms with E-state index in [0.717, 1.165) is 17.5 Å². The Bertz CT molecular complexity index is 571. The van der Waals surface area contributed by atoms with Crippen LogP contribution in [0, 0.1) is 0 Å². The highest BCUT2D eigenvalue weighted by molar-refractivity contribution is 8.11. The molecule has 0 amide bonds. The first-order valence-corrected chi connectivity index (χ1v) is 6.59. The molecule has 0 fully saturated rings. The molecular weight excluding hydrogens is 256 g/mol. The van der Waals surface area contributed by atoms with Gasteiger partial charge < -0.3 is 0 Å². The quantitative estimate of drug-likeness (QED) is 0.629. The van der Waals surface area contributed by atoms with Crippen molar-refractivity contribution in [3.05, 3.63) is 77.4 Å². The average molecular weight is 270 g/mol. The second-order valence-electron chi connectivity index (χ2n) is 4.09. The number of thiol groups is 1. The minimum absolute atomic E-state index is 0.636. The largest absolute Gasteiger partial charge is 0.131 e. The highest BCUT2D eigenvalue weighted by Crippen LogP contribution is 2.19. The van der Waals surface area contributed by atoms with Crippen molar-refractivity contribution in [3.63, 3.8) is 0 Å². The number of hydrogen-bond acceptors (Lipinski definition) is 1. The summed E-state index contributed by atoms with van der Waals surface area (Å²) in [5, 5.41) is 0. The third-order valence-electron chi connectivity index (χ3n) is 2.83. The van der Waals surface area contributed by atoms with E-state index in [0.29, 0.717) is 4.20 Å². The van der Waals surface area contributed by atoms with Gasteiger partial charge in [-0.2, -0.15) is 0 Å². The van der Waals surface area contributed by atoms with E-state index in [1.54, 1.807) is 0 Å². The topological polar surface area (TPSA) is 0 Å². The molecule has 2 aromatic carbocycles. The van der Waals surface area contributed by atoms with Gasteiger partial charge in [0.25, 0.3) is 0 Å². The molecule has 0 nitrogen and oxygen atoms in total. The molecular formula is C16H14S2.